The average molecular weight is 503 g/mol. The zero-order valence-corrected chi connectivity index (χ0v) is 19.1. The highest BCUT2D eigenvalue weighted by atomic mass is 35.5. The largest absolute Gasteiger partial charge is 0.416 e. The minimum absolute atomic E-state index is 0.0832. The summed E-state index contributed by atoms with van der Waals surface area (Å²) in [5.41, 5.74) is -1.56. The van der Waals surface area contributed by atoms with Gasteiger partial charge < -0.3 is 14.5 Å². The number of benzene rings is 1. The Morgan fingerprint density at radius 1 is 1.21 bits per heavy atom. The van der Waals surface area contributed by atoms with Gasteiger partial charge in [0.15, 0.2) is 6.23 Å². The molecule has 2 saturated heterocycles. The summed E-state index contributed by atoms with van der Waals surface area (Å²) in [6, 6.07) is 1.49. The van der Waals surface area contributed by atoms with E-state index in [9.17, 15) is 27.2 Å². The highest BCUT2D eigenvalue weighted by molar-refractivity contribution is 6.33. The molecule has 1 aromatic carbocycles. The molecule has 2 fully saturated rings. The van der Waals surface area contributed by atoms with Gasteiger partial charge in [-0.2, -0.15) is 23.0 Å². The molecule has 2 atom stereocenters. The second-order valence-corrected chi connectivity index (χ2v) is 8.71. The van der Waals surface area contributed by atoms with Crippen molar-refractivity contribution in [3.8, 4) is 0 Å². The molecule has 1 amide bonds. The number of amides is 1. The first-order chi connectivity index (χ1) is 16.1. The highest BCUT2D eigenvalue weighted by Crippen LogP contribution is 2.37. The number of carbonyl (C=O) groups excluding carboxylic acids is 1. The van der Waals surface area contributed by atoms with Crippen molar-refractivity contribution >= 4 is 23.2 Å². The number of halogens is 5. The number of nitrogens with zero attached hydrogens (tertiary/aromatic N) is 4. The van der Waals surface area contributed by atoms with Crippen molar-refractivity contribution in [2.24, 2.45) is 0 Å². The molecule has 184 valence electrons. The van der Waals surface area contributed by atoms with Crippen molar-refractivity contribution in [2.75, 3.05) is 31.1 Å². The van der Waals surface area contributed by atoms with Crippen LogP contribution in [-0.2, 0) is 15.7 Å². The number of aromatic nitrogens is 2. The van der Waals surface area contributed by atoms with Crippen molar-refractivity contribution in [3.05, 3.63) is 56.7 Å². The first-order valence-electron chi connectivity index (χ1n) is 10.9. The van der Waals surface area contributed by atoms with Crippen LogP contribution < -0.4 is 10.5 Å². The van der Waals surface area contributed by atoms with Gasteiger partial charge in [-0.25, -0.2) is 4.39 Å². The standard InChI is InChI=1S/C22H23ClF4N4O3/c1-13(15-6-5-14(24)10-16(15)22(25,26)27)30-8-7-29(12-18(30)32)17-11-28-31(21(33)20(17)23)19-4-2-3-9-34-19/h5-6,10-11,13,19H,2-4,7-9,12H2,1H3. The van der Waals surface area contributed by atoms with E-state index in [2.05, 4.69) is 5.10 Å². The summed E-state index contributed by atoms with van der Waals surface area (Å²) in [7, 11) is 0. The maximum Gasteiger partial charge on any atom is 0.416 e. The van der Waals surface area contributed by atoms with Gasteiger partial charge in [0, 0.05) is 19.7 Å². The average Bonchev–Trinajstić information content (AvgIpc) is 2.80. The third kappa shape index (κ3) is 4.76. The third-order valence-corrected chi connectivity index (χ3v) is 6.55. The zero-order valence-electron chi connectivity index (χ0n) is 18.3. The maximum absolute atomic E-state index is 13.5. The van der Waals surface area contributed by atoms with E-state index in [1.165, 1.54) is 22.7 Å². The number of carbonyl (C=O) groups is 1. The number of rotatable bonds is 4. The Hall–Kier alpha value is -2.66. The molecule has 0 aliphatic carbocycles. The van der Waals surface area contributed by atoms with Crippen molar-refractivity contribution < 1.29 is 27.1 Å². The van der Waals surface area contributed by atoms with Gasteiger partial charge >= 0.3 is 6.18 Å². The first kappa shape index (κ1) is 24.5. The van der Waals surface area contributed by atoms with E-state index in [0.29, 0.717) is 19.1 Å². The van der Waals surface area contributed by atoms with Crippen LogP contribution in [0, 0.1) is 5.82 Å². The van der Waals surface area contributed by atoms with E-state index in [1.54, 1.807) is 4.90 Å². The van der Waals surface area contributed by atoms with E-state index < -0.39 is 41.3 Å². The predicted molar refractivity (Wildman–Crippen MR) is 116 cm³/mol. The van der Waals surface area contributed by atoms with Crippen LogP contribution >= 0.6 is 11.6 Å². The van der Waals surface area contributed by atoms with Crippen molar-refractivity contribution in [2.45, 2.75) is 44.6 Å². The van der Waals surface area contributed by atoms with Crippen LogP contribution in [0.1, 0.15) is 49.6 Å². The Labute approximate surface area is 197 Å². The summed E-state index contributed by atoms with van der Waals surface area (Å²) in [5.74, 6) is -1.46. The molecule has 2 aliphatic heterocycles. The predicted octanol–water partition coefficient (Wildman–Crippen LogP) is 4.16. The molecule has 4 rings (SSSR count). The molecule has 12 heteroatoms. The van der Waals surface area contributed by atoms with Gasteiger partial charge in [-0.05, 0) is 43.9 Å². The van der Waals surface area contributed by atoms with Gasteiger partial charge in [0.05, 0.1) is 30.0 Å². The van der Waals surface area contributed by atoms with Crippen LogP contribution in [0.4, 0.5) is 23.2 Å². The minimum atomic E-state index is -4.76. The quantitative estimate of drug-likeness (QED) is 0.587. The van der Waals surface area contributed by atoms with Crippen LogP contribution in [0.2, 0.25) is 5.02 Å². The van der Waals surface area contributed by atoms with Gasteiger partial charge in [0.2, 0.25) is 5.91 Å². The summed E-state index contributed by atoms with van der Waals surface area (Å²) >= 11 is 6.32. The van der Waals surface area contributed by atoms with Crippen LogP contribution in [-0.4, -0.2) is 46.8 Å². The molecular formula is C22H23ClF4N4O3. The van der Waals surface area contributed by atoms with Gasteiger partial charge in [0.1, 0.15) is 10.8 Å². The summed E-state index contributed by atoms with van der Waals surface area (Å²) in [4.78, 5) is 28.5. The summed E-state index contributed by atoms with van der Waals surface area (Å²) in [6.07, 6.45) is -1.41. The van der Waals surface area contributed by atoms with Gasteiger partial charge in [-0.15, -0.1) is 0 Å². The van der Waals surface area contributed by atoms with Gasteiger partial charge in [-0.1, -0.05) is 17.7 Å². The Morgan fingerprint density at radius 3 is 2.62 bits per heavy atom. The summed E-state index contributed by atoms with van der Waals surface area (Å²) < 4.78 is 60.6. The number of hydrogen-bond donors (Lipinski definition) is 0. The smallest absolute Gasteiger partial charge is 0.358 e. The molecule has 1 aromatic heterocycles. The lowest BCUT2D eigenvalue weighted by Gasteiger charge is -2.39. The molecule has 0 bridgehead atoms. The number of anilines is 1. The lowest BCUT2D eigenvalue weighted by Crippen LogP contribution is -2.51. The van der Waals surface area contributed by atoms with Crippen LogP contribution in [0.15, 0.2) is 29.2 Å². The number of piperazine rings is 1. The SMILES string of the molecule is CC(c1ccc(F)cc1C(F)(F)F)N1CCN(c2cnn(C3CCCCO3)c(=O)c2Cl)CC1=O. The zero-order chi connectivity index (χ0) is 24.6. The Morgan fingerprint density at radius 2 is 1.97 bits per heavy atom. The van der Waals surface area contributed by atoms with Crippen LogP contribution in [0.5, 0.6) is 0 Å². The highest BCUT2D eigenvalue weighted by Gasteiger charge is 2.38. The fourth-order valence-electron chi connectivity index (χ4n) is 4.39. The van der Waals surface area contributed by atoms with Crippen LogP contribution in [0.3, 0.4) is 0 Å². The second-order valence-electron chi connectivity index (χ2n) is 8.33. The summed E-state index contributed by atoms with van der Waals surface area (Å²) in [5, 5.41) is 4.08. The monoisotopic (exact) mass is 502 g/mol. The molecule has 0 saturated carbocycles. The van der Waals surface area contributed by atoms with E-state index in [0.717, 1.165) is 25.0 Å². The number of alkyl halides is 3. The summed E-state index contributed by atoms with van der Waals surface area (Å²) in [6.45, 7) is 2.10. The molecule has 2 aliphatic rings. The molecule has 0 radical (unpaired) electrons. The Kier molecular flexibility index (Phi) is 6.86. The van der Waals surface area contributed by atoms with Crippen LogP contribution in [0.25, 0.3) is 0 Å². The molecule has 7 nitrogen and oxygen atoms in total. The van der Waals surface area contributed by atoms with E-state index >= 15 is 0 Å². The fourth-order valence-corrected chi connectivity index (χ4v) is 4.64. The topological polar surface area (TPSA) is 67.7 Å². The maximum atomic E-state index is 13.5. The molecule has 2 aromatic rings. The lowest BCUT2D eigenvalue weighted by molar-refractivity contribution is -0.141. The third-order valence-electron chi connectivity index (χ3n) is 6.19. The fraction of sp³-hybridized carbons (Fsp3) is 0.500. The van der Waals surface area contributed by atoms with Gasteiger partial charge in [0.25, 0.3) is 5.56 Å². The molecule has 34 heavy (non-hydrogen) atoms. The van der Waals surface area contributed by atoms with Gasteiger partial charge in [-0.3, -0.25) is 9.59 Å². The van der Waals surface area contributed by atoms with Crippen molar-refractivity contribution in [1.82, 2.24) is 14.7 Å². The molecule has 0 N–H and O–H groups in total. The normalized spacial score (nSPS) is 20.5. The first-order valence-corrected chi connectivity index (χ1v) is 11.3. The lowest BCUT2D eigenvalue weighted by atomic mass is 9.98. The molecule has 2 unspecified atom stereocenters. The number of hydrogen-bond acceptors (Lipinski definition) is 5. The van der Waals surface area contributed by atoms with E-state index in [-0.39, 0.29) is 35.9 Å². The Balaban J connectivity index is 1.53. The van der Waals surface area contributed by atoms with Crippen molar-refractivity contribution in [3.63, 3.8) is 0 Å². The Bertz CT molecular complexity index is 1130. The van der Waals surface area contributed by atoms with E-state index in [4.69, 9.17) is 16.3 Å². The molecule has 3 heterocycles. The minimum Gasteiger partial charge on any atom is -0.358 e. The van der Waals surface area contributed by atoms with Crippen molar-refractivity contribution in [1.29, 1.82) is 0 Å². The van der Waals surface area contributed by atoms with E-state index in [1.807, 2.05) is 0 Å². The number of ether oxygens (including phenoxy) is 1. The second kappa shape index (κ2) is 9.53. The molecular weight excluding hydrogens is 480 g/mol. The molecule has 0 spiro atoms.